The van der Waals surface area contributed by atoms with E-state index in [9.17, 15) is 23.9 Å². The fourth-order valence-corrected chi connectivity index (χ4v) is 8.69. The topological polar surface area (TPSA) is 119 Å². The van der Waals surface area contributed by atoms with Crippen LogP contribution in [0.25, 0.3) is 16.5 Å². The number of aromatic hydroxyl groups is 1. The zero-order valence-corrected chi connectivity index (χ0v) is 28.1. The molecule has 1 aromatic heterocycles. The molecule has 10 nitrogen and oxygen atoms in total. The van der Waals surface area contributed by atoms with E-state index in [-0.39, 0.29) is 18.7 Å². The molecule has 5 aromatic carbocycles. The van der Waals surface area contributed by atoms with E-state index >= 15 is 4.79 Å². The lowest BCUT2D eigenvalue weighted by Crippen LogP contribution is -2.53. The molecule has 52 heavy (non-hydrogen) atoms. The Morgan fingerprint density at radius 3 is 2.27 bits per heavy atom. The molecule has 4 unspecified atom stereocenters. The van der Waals surface area contributed by atoms with Crippen molar-refractivity contribution in [1.29, 1.82) is 0 Å². The molecule has 12 heteroatoms. The summed E-state index contributed by atoms with van der Waals surface area (Å²) in [4.78, 5) is 58.3. The molecule has 0 radical (unpaired) electrons. The van der Waals surface area contributed by atoms with Crippen LogP contribution in [0.2, 0.25) is 5.02 Å². The minimum atomic E-state index is -1.65. The van der Waals surface area contributed by atoms with E-state index in [1.165, 1.54) is 33.6 Å². The van der Waals surface area contributed by atoms with Crippen LogP contribution in [0.15, 0.2) is 136 Å². The number of fused-ring (bicyclic) bond motifs is 5. The van der Waals surface area contributed by atoms with Crippen molar-refractivity contribution in [2.24, 2.45) is 5.92 Å². The van der Waals surface area contributed by atoms with Gasteiger partial charge in [0, 0.05) is 21.9 Å². The smallest absolute Gasteiger partial charge is 0.352 e. The number of halogens is 2. The van der Waals surface area contributed by atoms with E-state index < -0.39 is 52.3 Å². The first kappa shape index (κ1) is 31.8. The Kier molecular flexibility index (Phi) is 7.13. The molecular formula is C40H29ClFN5O5. The van der Waals surface area contributed by atoms with Crippen LogP contribution in [-0.4, -0.2) is 35.9 Å². The van der Waals surface area contributed by atoms with Gasteiger partial charge in [-0.3, -0.25) is 15.0 Å². The summed E-state index contributed by atoms with van der Waals surface area (Å²) < 4.78 is 17.7. The van der Waals surface area contributed by atoms with E-state index in [1.807, 2.05) is 24.3 Å². The SMILES string of the molecule is O=C1C2CC3C(=CCn4c(=O)n(-c5ccccc5)c(=O)n43)C(c3ccc4ccccc4c3O)C2(c2ccc(Cl)cc2)C(=O)N1Nc1ccc(F)cc1. The number of phenolic OH excluding ortho intramolecular Hbond substituents is 1. The first-order valence-electron chi connectivity index (χ1n) is 16.8. The highest BCUT2D eigenvalue weighted by Gasteiger charge is 2.69. The Morgan fingerprint density at radius 2 is 1.52 bits per heavy atom. The number of carbonyl (C=O) groups excluding carboxylic acids is 2. The number of anilines is 1. The first-order chi connectivity index (χ1) is 25.2. The number of phenols is 1. The number of aromatic nitrogens is 3. The van der Waals surface area contributed by atoms with E-state index in [1.54, 1.807) is 72.8 Å². The normalized spacial score (nSPS) is 22.2. The highest BCUT2D eigenvalue weighted by Crippen LogP contribution is 2.63. The van der Waals surface area contributed by atoms with Gasteiger partial charge in [-0.2, -0.15) is 5.01 Å². The molecule has 258 valence electrons. The molecule has 2 N–H and O–H groups in total. The monoisotopic (exact) mass is 713 g/mol. The van der Waals surface area contributed by atoms with Gasteiger partial charge in [0.1, 0.15) is 11.6 Å². The molecule has 9 rings (SSSR count). The maximum atomic E-state index is 15.3. The summed E-state index contributed by atoms with van der Waals surface area (Å²) in [5.74, 6) is -3.82. The summed E-state index contributed by atoms with van der Waals surface area (Å²) in [6, 6.07) is 30.7. The van der Waals surface area contributed by atoms with Gasteiger partial charge in [0.05, 0.1) is 35.3 Å². The summed E-state index contributed by atoms with van der Waals surface area (Å²) in [5, 5.41) is 14.8. The highest BCUT2D eigenvalue weighted by molar-refractivity contribution is 6.30. The number of hydrogen-bond donors (Lipinski definition) is 2. The van der Waals surface area contributed by atoms with E-state index in [4.69, 9.17) is 11.6 Å². The van der Waals surface area contributed by atoms with Crippen LogP contribution >= 0.6 is 11.6 Å². The fraction of sp³-hybridized carbons (Fsp3) is 0.150. The Bertz CT molecular complexity index is 2600. The van der Waals surface area contributed by atoms with Gasteiger partial charge in [-0.1, -0.05) is 84.4 Å². The zero-order chi connectivity index (χ0) is 35.9. The van der Waals surface area contributed by atoms with Crippen molar-refractivity contribution < 1.29 is 19.1 Å². The molecule has 1 saturated heterocycles. The third-order valence-corrected chi connectivity index (χ3v) is 11.0. The summed E-state index contributed by atoms with van der Waals surface area (Å²) in [7, 11) is 0. The number of nitrogens with one attached hydrogen (secondary N) is 1. The van der Waals surface area contributed by atoms with E-state index in [2.05, 4.69) is 5.43 Å². The van der Waals surface area contributed by atoms with Crippen LogP contribution < -0.4 is 16.8 Å². The lowest BCUT2D eigenvalue weighted by Gasteiger charge is -2.49. The second-order valence-corrected chi connectivity index (χ2v) is 13.7. The van der Waals surface area contributed by atoms with Gasteiger partial charge in [-0.15, -0.1) is 0 Å². The molecule has 1 saturated carbocycles. The molecular weight excluding hydrogens is 685 g/mol. The first-order valence-corrected chi connectivity index (χ1v) is 17.1. The van der Waals surface area contributed by atoms with Crippen LogP contribution in [0, 0.1) is 11.7 Å². The number of rotatable bonds is 5. The number of hydrogen-bond acceptors (Lipinski definition) is 6. The molecule has 0 bridgehead atoms. The lowest BCUT2D eigenvalue weighted by molar-refractivity contribution is -0.138. The molecule has 2 aliphatic heterocycles. The standard InChI is InChI=1S/C40H29ClFN5O5/c41-25-13-11-24(12-14-25)40-32(36(49)46(37(40)50)43-27-17-15-26(42)16-18-27)22-33-30(34(40)31-19-10-23-6-4-5-9-29(23)35(31)48)20-21-44-38(51)45(39(52)47(33)44)28-7-2-1-3-8-28/h1-20,32-34,43,48H,21-22H2. The number of nitrogens with zero attached hydrogens (tertiary/aromatic N) is 4. The average Bonchev–Trinajstić information content (AvgIpc) is 3.54. The fourth-order valence-electron chi connectivity index (χ4n) is 8.56. The van der Waals surface area contributed by atoms with Crippen molar-refractivity contribution in [2.75, 3.05) is 5.43 Å². The van der Waals surface area contributed by atoms with Crippen molar-refractivity contribution >= 4 is 39.9 Å². The average molecular weight is 714 g/mol. The largest absolute Gasteiger partial charge is 0.507 e. The Labute approximate surface area is 300 Å². The van der Waals surface area contributed by atoms with Crippen LogP contribution in [0.3, 0.4) is 0 Å². The van der Waals surface area contributed by atoms with E-state index in [0.717, 1.165) is 15.0 Å². The van der Waals surface area contributed by atoms with Gasteiger partial charge in [-0.25, -0.2) is 27.9 Å². The Balaban J connectivity index is 1.32. The van der Waals surface area contributed by atoms with Gasteiger partial charge < -0.3 is 5.11 Å². The van der Waals surface area contributed by atoms with Crippen molar-refractivity contribution in [2.45, 2.75) is 30.3 Å². The number of hydrazine groups is 1. The third-order valence-electron chi connectivity index (χ3n) is 10.8. The molecule has 6 aromatic rings. The van der Waals surface area contributed by atoms with Crippen LogP contribution in [0.5, 0.6) is 5.75 Å². The van der Waals surface area contributed by atoms with Crippen LogP contribution in [0.4, 0.5) is 10.1 Å². The summed E-state index contributed by atoms with van der Waals surface area (Å²) >= 11 is 6.37. The third kappa shape index (κ3) is 4.42. The zero-order valence-electron chi connectivity index (χ0n) is 27.3. The molecule has 2 fully saturated rings. The predicted molar refractivity (Wildman–Crippen MR) is 193 cm³/mol. The second kappa shape index (κ2) is 11.7. The predicted octanol–water partition coefficient (Wildman–Crippen LogP) is 6.07. The number of amides is 2. The minimum Gasteiger partial charge on any atom is -0.507 e. The summed E-state index contributed by atoms with van der Waals surface area (Å²) in [6.45, 7) is 0.00558. The quantitative estimate of drug-likeness (QED) is 0.166. The highest BCUT2D eigenvalue weighted by atomic mass is 35.5. The molecule has 4 atom stereocenters. The van der Waals surface area contributed by atoms with Crippen LogP contribution in [0.1, 0.15) is 29.5 Å². The maximum Gasteiger partial charge on any atom is 0.352 e. The van der Waals surface area contributed by atoms with Gasteiger partial charge in [0.2, 0.25) is 0 Å². The molecule has 0 spiro atoms. The number of allylic oxidation sites excluding steroid dienone is 2. The van der Waals surface area contributed by atoms with E-state index in [0.29, 0.717) is 38.5 Å². The van der Waals surface area contributed by atoms with Gasteiger partial charge >= 0.3 is 11.4 Å². The second-order valence-electron chi connectivity index (χ2n) is 13.3. The Morgan fingerprint density at radius 1 is 0.808 bits per heavy atom. The van der Waals surface area contributed by atoms with Crippen molar-refractivity contribution in [3.63, 3.8) is 0 Å². The minimum absolute atomic E-state index is 0.00558. The summed E-state index contributed by atoms with van der Waals surface area (Å²) in [6.07, 6.45) is 1.81. The van der Waals surface area contributed by atoms with Gasteiger partial charge in [0.15, 0.2) is 0 Å². The van der Waals surface area contributed by atoms with Crippen molar-refractivity contribution in [1.82, 2.24) is 18.9 Å². The van der Waals surface area contributed by atoms with Gasteiger partial charge in [0.25, 0.3) is 11.8 Å². The Hall–Kier alpha value is -6.20. The number of para-hydroxylation sites is 1. The van der Waals surface area contributed by atoms with Crippen molar-refractivity contribution in [3.05, 3.63) is 170 Å². The number of benzene rings is 5. The molecule has 2 amide bonds. The number of imide groups is 1. The van der Waals surface area contributed by atoms with Gasteiger partial charge in [-0.05, 0) is 71.5 Å². The maximum absolute atomic E-state index is 15.3. The molecule has 1 aliphatic carbocycles. The lowest BCUT2D eigenvalue weighted by atomic mass is 9.53. The van der Waals surface area contributed by atoms with Crippen molar-refractivity contribution in [3.8, 4) is 11.4 Å². The molecule has 3 aliphatic rings. The van der Waals surface area contributed by atoms with Crippen LogP contribution in [-0.2, 0) is 21.5 Å². The number of carbonyl (C=O) groups is 2. The molecule has 3 heterocycles. The summed E-state index contributed by atoms with van der Waals surface area (Å²) in [5.41, 5.74) is 2.31.